The maximum atomic E-state index is 10.7. The first-order valence-corrected chi connectivity index (χ1v) is 6.86. The van der Waals surface area contributed by atoms with Crippen molar-refractivity contribution in [3.05, 3.63) is 47.9 Å². The Morgan fingerprint density at radius 1 is 1.23 bits per heavy atom. The molecule has 0 aliphatic heterocycles. The topological polar surface area (TPSA) is 107 Å². The van der Waals surface area contributed by atoms with E-state index in [2.05, 4.69) is 15.0 Å². The lowest BCUT2D eigenvalue weighted by Gasteiger charge is -2.05. The zero-order valence-electron chi connectivity index (χ0n) is 11.8. The third kappa shape index (κ3) is 2.88. The summed E-state index contributed by atoms with van der Waals surface area (Å²) in [6, 6.07) is 9.93. The Bertz CT molecular complexity index is 813. The Morgan fingerprint density at radius 3 is 2.73 bits per heavy atom. The number of aryl methyl sites for hydroxylation is 1. The number of hydrogen-bond donors (Lipinski definition) is 2. The molecule has 0 bridgehead atoms. The van der Waals surface area contributed by atoms with E-state index < -0.39 is 5.97 Å². The first-order valence-electron chi connectivity index (χ1n) is 6.86. The lowest BCUT2D eigenvalue weighted by atomic mass is 10.2. The Labute approximate surface area is 126 Å². The molecule has 22 heavy (non-hydrogen) atoms. The molecule has 3 rings (SSSR count). The fourth-order valence-electron chi connectivity index (χ4n) is 2.32. The van der Waals surface area contributed by atoms with Crippen molar-refractivity contribution >= 4 is 23.1 Å². The van der Waals surface area contributed by atoms with Gasteiger partial charge in [-0.2, -0.15) is 4.98 Å². The first kappa shape index (κ1) is 14.0. The molecule has 0 amide bonds. The van der Waals surface area contributed by atoms with Crippen LogP contribution >= 0.6 is 0 Å². The van der Waals surface area contributed by atoms with E-state index >= 15 is 0 Å². The standard InChI is InChI=1S/C15H15N5O2/c16-15-18-11(6-7-12(21)22)13-14(19-15)20(9-17-13)8-10-4-2-1-3-5-10/h1-5,9H,6-8H2,(H,21,22)(H2,16,18,19). The summed E-state index contributed by atoms with van der Waals surface area (Å²) in [5.41, 5.74) is 8.65. The zero-order valence-corrected chi connectivity index (χ0v) is 11.8. The number of carboxylic acids is 1. The summed E-state index contributed by atoms with van der Waals surface area (Å²) in [6.45, 7) is 0.617. The summed E-state index contributed by atoms with van der Waals surface area (Å²) in [4.78, 5) is 23.4. The van der Waals surface area contributed by atoms with Crippen LogP contribution in [0.15, 0.2) is 36.7 Å². The molecule has 2 aromatic heterocycles. The molecule has 0 aliphatic rings. The van der Waals surface area contributed by atoms with Crippen LogP contribution < -0.4 is 5.73 Å². The van der Waals surface area contributed by atoms with Crippen molar-refractivity contribution in [1.29, 1.82) is 0 Å². The van der Waals surface area contributed by atoms with Crippen molar-refractivity contribution in [3.8, 4) is 0 Å². The number of fused-ring (bicyclic) bond motifs is 1. The molecule has 7 heteroatoms. The maximum Gasteiger partial charge on any atom is 0.303 e. The minimum absolute atomic E-state index is 0.0168. The third-order valence-corrected chi connectivity index (χ3v) is 3.32. The monoisotopic (exact) mass is 297 g/mol. The maximum absolute atomic E-state index is 10.7. The van der Waals surface area contributed by atoms with Crippen LogP contribution in [0.4, 0.5) is 5.95 Å². The Kier molecular flexibility index (Phi) is 3.69. The molecular weight excluding hydrogens is 282 g/mol. The molecule has 112 valence electrons. The van der Waals surface area contributed by atoms with E-state index in [1.807, 2.05) is 34.9 Å². The molecule has 0 unspecified atom stereocenters. The smallest absolute Gasteiger partial charge is 0.303 e. The van der Waals surface area contributed by atoms with Crippen LogP contribution in [0.2, 0.25) is 0 Å². The van der Waals surface area contributed by atoms with Gasteiger partial charge in [0, 0.05) is 6.42 Å². The van der Waals surface area contributed by atoms with Crippen LogP contribution in [-0.2, 0) is 17.8 Å². The van der Waals surface area contributed by atoms with Gasteiger partial charge in [0.2, 0.25) is 5.95 Å². The molecule has 0 spiro atoms. The van der Waals surface area contributed by atoms with E-state index in [0.29, 0.717) is 23.4 Å². The van der Waals surface area contributed by atoms with E-state index in [1.54, 1.807) is 6.33 Å². The van der Waals surface area contributed by atoms with E-state index in [0.717, 1.165) is 5.56 Å². The minimum Gasteiger partial charge on any atom is -0.481 e. The molecule has 3 N–H and O–H groups in total. The van der Waals surface area contributed by atoms with Gasteiger partial charge in [0.05, 0.1) is 25.0 Å². The van der Waals surface area contributed by atoms with E-state index in [1.165, 1.54) is 0 Å². The number of benzene rings is 1. The fraction of sp³-hybridized carbons (Fsp3) is 0.200. The quantitative estimate of drug-likeness (QED) is 0.738. The number of nitrogen functional groups attached to an aromatic ring is 1. The molecule has 0 saturated carbocycles. The second kappa shape index (κ2) is 5.80. The lowest BCUT2D eigenvalue weighted by Crippen LogP contribution is -2.06. The Hall–Kier alpha value is -2.96. The molecule has 0 fully saturated rings. The minimum atomic E-state index is -0.881. The van der Waals surface area contributed by atoms with Gasteiger partial charge in [0.15, 0.2) is 5.65 Å². The van der Waals surface area contributed by atoms with Gasteiger partial charge < -0.3 is 15.4 Å². The van der Waals surface area contributed by atoms with Gasteiger partial charge in [-0.15, -0.1) is 0 Å². The number of carbonyl (C=O) groups is 1. The predicted octanol–water partition coefficient (Wildman–Crippen LogP) is 1.47. The van der Waals surface area contributed by atoms with Crippen LogP contribution in [0.5, 0.6) is 0 Å². The van der Waals surface area contributed by atoms with Crippen molar-refractivity contribution in [1.82, 2.24) is 19.5 Å². The van der Waals surface area contributed by atoms with Crippen LogP contribution in [0.3, 0.4) is 0 Å². The number of anilines is 1. The Morgan fingerprint density at radius 2 is 2.00 bits per heavy atom. The van der Waals surface area contributed by atoms with Crippen molar-refractivity contribution in [3.63, 3.8) is 0 Å². The third-order valence-electron chi connectivity index (χ3n) is 3.32. The molecule has 7 nitrogen and oxygen atoms in total. The van der Waals surface area contributed by atoms with E-state index in [4.69, 9.17) is 10.8 Å². The molecular formula is C15H15N5O2. The zero-order chi connectivity index (χ0) is 15.5. The molecule has 0 aliphatic carbocycles. The van der Waals surface area contributed by atoms with Crippen LogP contribution in [0.1, 0.15) is 17.7 Å². The van der Waals surface area contributed by atoms with Gasteiger partial charge in [-0.25, -0.2) is 9.97 Å². The van der Waals surface area contributed by atoms with Gasteiger partial charge in [-0.3, -0.25) is 4.79 Å². The SMILES string of the molecule is Nc1nc(CCC(=O)O)c2ncn(Cc3ccccc3)c2n1. The highest BCUT2D eigenvalue weighted by atomic mass is 16.4. The molecule has 2 heterocycles. The number of nitrogens with two attached hydrogens (primary N) is 1. The number of carboxylic acid groups (broad SMARTS) is 1. The van der Waals surface area contributed by atoms with Gasteiger partial charge in [0.25, 0.3) is 0 Å². The van der Waals surface area contributed by atoms with E-state index in [-0.39, 0.29) is 18.8 Å². The summed E-state index contributed by atoms with van der Waals surface area (Å²) in [5.74, 6) is -0.753. The van der Waals surface area contributed by atoms with Crippen LogP contribution in [-0.4, -0.2) is 30.6 Å². The summed E-state index contributed by atoms with van der Waals surface area (Å²) in [5, 5.41) is 8.82. The van der Waals surface area contributed by atoms with Crippen molar-refractivity contribution in [2.45, 2.75) is 19.4 Å². The largest absolute Gasteiger partial charge is 0.481 e. The summed E-state index contributed by atoms with van der Waals surface area (Å²) >= 11 is 0. The number of nitrogens with zero attached hydrogens (tertiary/aromatic N) is 4. The molecule has 3 aromatic rings. The average molecular weight is 297 g/mol. The second-order valence-corrected chi connectivity index (χ2v) is 4.95. The average Bonchev–Trinajstić information content (AvgIpc) is 2.89. The highest BCUT2D eigenvalue weighted by molar-refractivity contribution is 5.76. The summed E-state index contributed by atoms with van der Waals surface area (Å²) in [6.07, 6.45) is 1.94. The number of aromatic nitrogens is 4. The normalized spacial score (nSPS) is 10.9. The molecule has 0 atom stereocenters. The Balaban J connectivity index is 1.98. The van der Waals surface area contributed by atoms with Crippen molar-refractivity contribution < 1.29 is 9.90 Å². The summed E-state index contributed by atoms with van der Waals surface area (Å²) in [7, 11) is 0. The van der Waals surface area contributed by atoms with Gasteiger partial charge >= 0.3 is 5.97 Å². The van der Waals surface area contributed by atoms with Gasteiger partial charge in [0.1, 0.15) is 5.52 Å². The molecule has 0 saturated heterocycles. The highest BCUT2D eigenvalue weighted by Crippen LogP contribution is 2.18. The first-order chi connectivity index (χ1) is 10.6. The van der Waals surface area contributed by atoms with Gasteiger partial charge in [-0.1, -0.05) is 30.3 Å². The molecule has 1 aromatic carbocycles. The predicted molar refractivity (Wildman–Crippen MR) is 81.2 cm³/mol. The van der Waals surface area contributed by atoms with Crippen molar-refractivity contribution in [2.75, 3.05) is 5.73 Å². The highest BCUT2D eigenvalue weighted by Gasteiger charge is 2.13. The lowest BCUT2D eigenvalue weighted by molar-refractivity contribution is -0.136. The summed E-state index contributed by atoms with van der Waals surface area (Å²) < 4.78 is 1.88. The number of aliphatic carboxylic acids is 1. The molecule has 0 radical (unpaired) electrons. The van der Waals surface area contributed by atoms with Crippen LogP contribution in [0.25, 0.3) is 11.2 Å². The van der Waals surface area contributed by atoms with Crippen LogP contribution in [0, 0.1) is 0 Å². The van der Waals surface area contributed by atoms with Crippen molar-refractivity contribution in [2.24, 2.45) is 0 Å². The van der Waals surface area contributed by atoms with E-state index in [9.17, 15) is 4.79 Å². The van der Waals surface area contributed by atoms with Gasteiger partial charge in [-0.05, 0) is 5.56 Å². The second-order valence-electron chi connectivity index (χ2n) is 4.95. The fourth-order valence-corrected chi connectivity index (χ4v) is 2.32. The number of rotatable bonds is 5. The number of imidazole rings is 1. The number of hydrogen-bond acceptors (Lipinski definition) is 5.